The van der Waals surface area contributed by atoms with Crippen LogP contribution in [0.4, 0.5) is 4.79 Å². The van der Waals surface area contributed by atoms with Gasteiger partial charge in [-0.15, -0.1) is 0 Å². The van der Waals surface area contributed by atoms with Gasteiger partial charge in [-0.1, -0.05) is 0 Å². The third-order valence-electron chi connectivity index (χ3n) is 3.18. The number of Topliss-reactive ketones (excluding diaryl/α,β-unsaturated/α-hetero) is 1. The zero-order valence-corrected chi connectivity index (χ0v) is 15.2. The van der Waals surface area contributed by atoms with Gasteiger partial charge in [-0.25, -0.2) is 4.79 Å². The lowest BCUT2D eigenvalue weighted by atomic mass is 10.1. The van der Waals surface area contributed by atoms with Crippen molar-refractivity contribution >= 4 is 24.5 Å². The molecule has 22 heavy (non-hydrogen) atoms. The summed E-state index contributed by atoms with van der Waals surface area (Å²) in [6, 6.07) is 0.108. The summed E-state index contributed by atoms with van der Waals surface area (Å²) < 4.78 is 5.39. The highest BCUT2D eigenvalue weighted by Crippen LogP contribution is 2.23. The molecule has 1 amide bonds. The van der Waals surface area contributed by atoms with Crippen molar-refractivity contribution in [2.45, 2.75) is 58.1 Å². The molecule has 0 aromatic rings. The fourth-order valence-electron chi connectivity index (χ4n) is 2.27. The second kappa shape index (κ2) is 10.9. The number of amides is 1. The third kappa shape index (κ3) is 8.60. The van der Waals surface area contributed by atoms with Gasteiger partial charge in [0.05, 0.1) is 13.7 Å². The monoisotopic (exact) mass is 334 g/mol. The zero-order valence-electron chi connectivity index (χ0n) is 14.3. The number of likely N-dealkylation sites (tertiary alicyclic amines) is 1. The van der Waals surface area contributed by atoms with E-state index in [0.717, 1.165) is 12.8 Å². The molecule has 1 aliphatic heterocycles. The number of rotatable bonds is 6. The number of ketones is 1. The molecule has 0 aliphatic carbocycles. The number of carbonyl (C=O) groups excluding carboxylic acids is 2. The van der Waals surface area contributed by atoms with E-state index >= 15 is 0 Å². The molecule has 0 saturated carbocycles. The topological polar surface area (TPSA) is 67.9 Å². The van der Waals surface area contributed by atoms with Crippen molar-refractivity contribution in [1.29, 1.82) is 0 Å². The lowest BCUT2D eigenvalue weighted by molar-refractivity contribution is -0.120. The van der Waals surface area contributed by atoms with Crippen LogP contribution in [0.5, 0.6) is 0 Å². The molecule has 1 heterocycles. The van der Waals surface area contributed by atoms with Crippen LogP contribution in [0.3, 0.4) is 0 Å². The first-order chi connectivity index (χ1) is 10.3. The van der Waals surface area contributed by atoms with Crippen molar-refractivity contribution in [3.8, 4) is 0 Å². The Kier molecular flexibility index (Phi) is 10.5. The molecule has 0 spiro atoms. The third-order valence-corrected chi connectivity index (χ3v) is 3.18. The predicted octanol–water partition coefficient (Wildman–Crippen LogP) is 2.43. The van der Waals surface area contributed by atoms with E-state index in [2.05, 4.69) is 22.9 Å². The van der Waals surface area contributed by atoms with Crippen molar-refractivity contribution < 1.29 is 19.2 Å². The highest BCUT2D eigenvalue weighted by atomic mass is 32.1. The van der Waals surface area contributed by atoms with Crippen LogP contribution in [0.15, 0.2) is 0 Å². The van der Waals surface area contributed by atoms with Gasteiger partial charge in [0.2, 0.25) is 0 Å². The fraction of sp³-hybridized carbons (Fsp3) is 0.867. The summed E-state index contributed by atoms with van der Waals surface area (Å²) in [6.45, 7) is 6.49. The normalized spacial score (nSPS) is 17.7. The van der Waals surface area contributed by atoms with Crippen LogP contribution in [0.2, 0.25) is 0 Å². The van der Waals surface area contributed by atoms with E-state index in [4.69, 9.17) is 4.74 Å². The van der Waals surface area contributed by atoms with Gasteiger partial charge in [-0.05, 0) is 46.3 Å². The van der Waals surface area contributed by atoms with Crippen LogP contribution in [0.25, 0.3) is 0 Å². The Bertz CT molecular complexity index is 345. The van der Waals surface area contributed by atoms with Gasteiger partial charge < -0.3 is 14.5 Å². The van der Waals surface area contributed by atoms with Crippen molar-refractivity contribution in [2.75, 3.05) is 26.5 Å². The molecule has 0 aromatic carbocycles. The summed E-state index contributed by atoms with van der Waals surface area (Å²) in [5, 5.41) is 0. The minimum Gasteiger partial charge on any atom is -0.444 e. The largest absolute Gasteiger partial charge is 0.444 e. The highest BCUT2D eigenvalue weighted by Gasteiger charge is 2.32. The molecule has 7 heteroatoms. The van der Waals surface area contributed by atoms with Gasteiger partial charge >= 0.3 is 6.09 Å². The molecule has 1 unspecified atom stereocenters. The molecule has 1 atom stereocenters. The van der Waals surface area contributed by atoms with Gasteiger partial charge in [-0.2, -0.15) is 18.1 Å². The molecule has 1 aliphatic rings. The molecule has 0 aromatic heterocycles. The number of nitrogens with one attached hydrogen (secondary N) is 1. The number of carbonyl (C=O) groups is 2. The molecule has 0 radical (unpaired) electrons. The maximum atomic E-state index is 12.1. The second-order valence-electron chi connectivity index (χ2n) is 6.07. The number of ether oxygens (including phenoxy) is 1. The summed E-state index contributed by atoms with van der Waals surface area (Å²) in [6.07, 6.45) is 4.45. The summed E-state index contributed by atoms with van der Waals surface area (Å²) in [5.41, 5.74) is 2.05. The minimum atomic E-state index is -0.484. The number of hydroxylamine groups is 1. The lowest BCUT2D eigenvalue weighted by Crippen LogP contribution is -2.40. The van der Waals surface area contributed by atoms with Crippen molar-refractivity contribution in [3.63, 3.8) is 0 Å². The Morgan fingerprint density at radius 1 is 1.32 bits per heavy atom. The van der Waals surface area contributed by atoms with E-state index in [-0.39, 0.29) is 24.5 Å². The minimum absolute atomic E-state index is 0.0860. The molecule has 130 valence electrons. The molecule has 1 N–H and O–H groups in total. The predicted molar refractivity (Wildman–Crippen MR) is 90.1 cm³/mol. The quantitative estimate of drug-likeness (QED) is 0.577. The van der Waals surface area contributed by atoms with Crippen LogP contribution in [0.1, 0.15) is 46.5 Å². The summed E-state index contributed by atoms with van der Waals surface area (Å²) in [5.74, 6) is 0.0860. The van der Waals surface area contributed by atoms with Gasteiger partial charge in [-0.3, -0.25) is 4.79 Å². The van der Waals surface area contributed by atoms with Crippen LogP contribution in [-0.4, -0.2) is 54.9 Å². The van der Waals surface area contributed by atoms with E-state index in [0.29, 0.717) is 19.4 Å². The number of hydrogen-bond acceptors (Lipinski definition) is 6. The van der Waals surface area contributed by atoms with E-state index < -0.39 is 5.60 Å². The smallest absolute Gasteiger partial charge is 0.410 e. The average molecular weight is 334 g/mol. The average Bonchev–Trinajstić information content (AvgIpc) is 2.91. The molecule has 6 nitrogen and oxygen atoms in total. The van der Waals surface area contributed by atoms with E-state index in [1.165, 1.54) is 7.11 Å². The lowest BCUT2D eigenvalue weighted by Gasteiger charge is -2.28. The maximum Gasteiger partial charge on any atom is 0.410 e. The van der Waals surface area contributed by atoms with Gasteiger partial charge in [0.15, 0.2) is 0 Å². The van der Waals surface area contributed by atoms with E-state index in [1.54, 1.807) is 11.2 Å². The number of hydrogen-bond donors (Lipinski definition) is 2. The van der Waals surface area contributed by atoms with Gasteiger partial charge in [0.25, 0.3) is 0 Å². The van der Waals surface area contributed by atoms with Crippen molar-refractivity contribution in [2.24, 2.45) is 0 Å². The first kappa shape index (κ1) is 21.2. The van der Waals surface area contributed by atoms with Crippen molar-refractivity contribution in [1.82, 2.24) is 10.4 Å². The van der Waals surface area contributed by atoms with E-state index in [9.17, 15) is 9.59 Å². The van der Waals surface area contributed by atoms with Crippen LogP contribution in [-0.2, 0) is 14.4 Å². The Hall–Kier alpha value is -0.790. The SMILES string of the molecule is CONCC(=O)CCC1CCCN1C(=O)OC(C)(C)C.CS. The molecule has 1 rings (SSSR count). The Morgan fingerprint density at radius 2 is 1.95 bits per heavy atom. The molecule has 1 saturated heterocycles. The summed E-state index contributed by atoms with van der Waals surface area (Å²) in [4.78, 5) is 30.1. The fourth-order valence-corrected chi connectivity index (χ4v) is 2.27. The maximum absolute atomic E-state index is 12.1. The Morgan fingerprint density at radius 3 is 2.50 bits per heavy atom. The second-order valence-corrected chi connectivity index (χ2v) is 6.07. The molecular weight excluding hydrogens is 304 g/mol. The van der Waals surface area contributed by atoms with E-state index in [1.807, 2.05) is 20.8 Å². The van der Waals surface area contributed by atoms with Gasteiger partial charge in [0.1, 0.15) is 11.4 Å². The highest BCUT2D eigenvalue weighted by molar-refractivity contribution is 7.79. The first-order valence-electron chi connectivity index (χ1n) is 7.55. The van der Waals surface area contributed by atoms with Gasteiger partial charge in [0, 0.05) is 19.0 Å². The molecule has 0 bridgehead atoms. The zero-order chi connectivity index (χ0) is 17.2. The Labute approximate surface area is 139 Å². The standard InChI is InChI=1S/C14H26N2O4.CH4S/c1-14(2,3)20-13(18)16-9-5-6-11(16)7-8-12(17)10-15-19-4;1-2/h11,15H,5-10H2,1-4H3;2H,1H3. The summed E-state index contributed by atoms with van der Waals surface area (Å²) >= 11 is 3.53. The van der Waals surface area contributed by atoms with Crippen LogP contribution < -0.4 is 5.48 Å². The van der Waals surface area contributed by atoms with Crippen molar-refractivity contribution in [3.05, 3.63) is 0 Å². The van der Waals surface area contributed by atoms with Crippen LogP contribution >= 0.6 is 12.6 Å². The number of thiol groups is 1. The molecular formula is C15H30N2O4S. The van der Waals surface area contributed by atoms with Crippen LogP contribution in [0, 0.1) is 0 Å². The number of nitrogens with zero attached hydrogens (tertiary/aromatic N) is 1. The summed E-state index contributed by atoms with van der Waals surface area (Å²) in [7, 11) is 1.48. The first-order valence-corrected chi connectivity index (χ1v) is 8.45. The Balaban J connectivity index is 0.00000211. The molecule has 1 fully saturated rings.